The quantitative estimate of drug-likeness (QED) is 0.419. The third kappa shape index (κ3) is 4.81. The van der Waals surface area contributed by atoms with Gasteiger partial charge in [-0.3, -0.25) is 9.59 Å². The lowest BCUT2D eigenvalue weighted by atomic mass is 10.0. The Morgan fingerprint density at radius 2 is 1.62 bits per heavy atom. The van der Waals surface area contributed by atoms with E-state index in [1.165, 1.54) is 0 Å². The molecule has 3 N–H and O–H groups in total. The number of benzene rings is 2. The predicted octanol–water partition coefficient (Wildman–Crippen LogP) is 2.94. The Kier molecular flexibility index (Phi) is 5.94. The van der Waals surface area contributed by atoms with E-state index >= 15 is 0 Å². The molecule has 1 amide bonds. The first-order chi connectivity index (χ1) is 14.0. The van der Waals surface area contributed by atoms with E-state index in [0.29, 0.717) is 16.6 Å². The molecule has 146 valence electrons. The topological polar surface area (TPSA) is 129 Å². The van der Waals surface area contributed by atoms with Crippen molar-refractivity contribution in [2.24, 2.45) is 5.10 Å². The van der Waals surface area contributed by atoms with Crippen LogP contribution < -0.4 is 5.43 Å². The third-order valence-electron chi connectivity index (χ3n) is 4.15. The number of hydrogen-bond acceptors (Lipinski definition) is 5. The van der Waals surface area contributed by atoms with Crippen LogP contribution in [0.25, 0.3) is 22.2 Å². The number of carboxylic acids is 2. The molecule has 1 heterocycles. The first-order valence-electron chi connectivity index (χ1n) is 8.73. The zero-order valence-corrected chi connectivity index (χ0v) is 15.2. The molecule has 0 fully saturated rings. The summed E-state index contributed by atoms with van der Waals surface area (Å²) in [4.78, 5) is 39.2. The number of aromatic nitrogens is 1. The molecule has 8 heteroatoms. The highest BCUT2D eigenvalue weighted by atomic mass is 16.4. The highest BCUT2D eigenvalue weighted by Crippen LogP contribution is 2.24. The Morgan fingerprint density at radius 1 is 0.931 bits per heavy atom. The summed E-state index contributed by atoms with van der Waals surface area (Å²) < 4.78 is 0. The standard InChI is InChI=1S/C21H17N3O5/c25-19(26)11-10-17(21(28)29)23-24-20(27)15-12-18(13-6-2-1-3-7-13)22-16-9-5-4-8-14(15)16/h1-9,12H,10-11H2,(H,24,27)(H,25,26)(H,28,29). The molecule has 0 bridgehead atoms. The molecule has 0 unspecified atom stereocenters. The molecule has 2 aromatic carbocycles. The van der Waals surface area contributed by atoms with E-state index in [9.17, 15) is 14.4 Å². The van der Waals surface area contributed by atoms with Crippen molar-refractivity contribution >= 4 is 34.5 Å². The van der Waals surface area contributed by atoms with Gasteiger partial charge in [-0.2, -0.15) is 5.10 Å². The van der Waals surface area contributed by atoms with Crippen molar-refractivity contribution < 1.29 is 24.6 Å². The number of carbonyl (C=O) groups excluding carboxylic acids is 1. The largest absolute Gasteiger partial charge is 0.481 e. The van der Waals surface area contributed by atoms with Gasteiger partial charge in [0.15, 0.2) is 0 Å². The predicted molar refractivity (Wildman–Crippen MR) is 107 cm³/mol. The Bertz CT molecular complexity index is 1110. The summed E-state index contributed by atoms with van der Waals surface area (Å²) in [6.45, 7) is 0. The third-order valence-corrected chi connectivity index (χ3v) is 4.15. The number of hydrogen-bond donors (Lipinski definition) is 3. The van der Waals surface area contributed by atoms with Crippen LogP contribution in [0.1, 0.15) is 23.2 Å². The maximum Gasteiger partial charge on any atom is 0.352 e. The number of amides is 1. The molecule has 0 spiro atoms. The molecule has 0 aliphatic heterocycles. The number of rotatable bonds is 7. The van der Waals surface area contributed by atoms with Crippen molar-refractivity contribution in [1.82, 2.24) is 10.4 Å². The van der Waals surface area contributed by atoms with Crippen LogP contribution in [0.3, 0.4) is 0 Å². The van der Waals surface area contributed by atoms with Gasteiger partial charge in [-0.05, 0) is 12.1 Å². The van der Waals surface area contributed by atoms with Crippen LogP contribution in [0.5, 0.6) is 0 Å². The summed E-state index contributed by atoms with van der Waals surface area (Å²) in [5.41, 5.74) is 4.07. The van der Waals surface area contributed by atoms with E-state index in [2.05, 4.69) is 15.5 Å². The van der Waals surface area contributed by atoms with Gasteiger partial charge in [0.25, 0.3) is 5.91 Å². The molecule has 0 saturated heterocycles. The molecule has 3 aromatic rings. The molecule has 8 nitrogen and oxygen atoms in total. The fraction of sp³-hybridized carbons (Fsp3) is 0.0952. The zero-order valence-electron chi connectivity index (χ0n) is 15.2. The van der Waals surface area contributed by atoms with E-state index in [-0.39, 0.29) is 12.0 Å². The van der Waals surface area contributed by atoms with Gasteiger partial charge in [-0.15, -0.1) is 0 Å². The zero-order chi connectivity index (χ0) is 20.8. The summed E-state index contributed by atoms with van der Waals surface area (Å²) in [5, 5.41) is 22.1. The summed E-state index contributed by atoms with van der Waals surface area (Å²) in [6.07, 6.45) is -0.714. The molecule has 0 aliphatic rings. The van der Waals surface area contributed by atoms with Crippen molar-refractivity contribution in [3.63, 3.8) is 0 Å². The second-order valence-corrected chi connectivity index (χ2v) is 6.14. The number of carboxylic acid groups (broad SMARTS) is 2. The number of carbonyl (C=O) groups is 3. The second kappa shape index (κ2) is 8.75. The van der Waals surface area contributed by atoms with Crippen molar-refractivity contribution in [2.75, 3.05) is 0 Å². The van der Waals surface area contributed by atoms with Crippen molar-refractivity contribution in [1.29, 1.82) is 0 Å². The minimum Gasteiger partial charge on any atom is -0.481 e. The number of hydrazone groups is 1. The van der Waals surface area contributed by atoms with Crippen molar-refractivity contribution in [3.05, 3.63) is 66.2 Å². The summed E-state index contributed by atoms with van der Waals surface area (Å²) in [6, 6.07) is 18.0. The SMILES string of the molecule is O=C(O)CCC(=NNC(=O)c1cc(-c2ccccc2)nc2ccccc12)C(=O)O. The van der Waals surface area contributed by atoms with Crippen molar-refractivity contribution in [2.45, 2.75) is 12.8 Å². The number of nitrogens with one attached hydrogen (secondary N) is 1. The molecule has 0 atom stereocenters. The summed E-state index contributed by atoms with van der Waals surface area (Å²) >= 11 is 0. The summed E-state index contributed by atoms with van der Waals surface area (Å²) in [5.74, 6) is -3.16. The van der Waals surface area contributed by atoms with Gasteiger partial charge >= 0.3 is 11.9 Å². The molecule has 1 aromatic heterocycles. The van der Waals surface area contributed by atoms with Crippen LogP contribution in [-0.2, 0) is 9.59 Å². The molecular weight excluding hydrogens is 374 g/mol. The van der Waals surface area contributed by atoms with Gasteiger partial charge in [-0.1, -0.05) is 48.5 Å². The molecule has 0 saturated carbocycles. The Morgan fingerprint density at radius 3 is 2.31 bits per heavy atom. The molecular formula is C21H17N3O5. The fourth-order valence-electron chi connectivity index (χ4n) is 2.73. The molecule has 3 rings (SSSR count). The van der Waals surface area contributed by atoms with Gasteiger partial charge in [0.05, 0.1) is 23.2 Å². The van der Waals surface area contributed by atoms with Gasteiger partial charge < -0.3 is 10.2 Å². The molecule has 0 radical (unpaired) electrons. The minimum atomic E-state index is -1.39. The highest BCUT2D eigenvalue weighted by Gasteiger charge is 2.16. The number of para-hydroxylation sites is 1. The van der Waals surface area contributed by atoms with E-state index in [1.807, 2.05) is 30.3 Å². The van der Waals surface area contributed by atoms with E-state index in [1.54, 1.807) is 30.3 Å². The van der Waals surface area contributed by atoms with E-state index in [0.717, 1.165) is 5.56 Å². The van der Waals surface area contributed by atoms with Crippen molar-refractivity contribution in [3.8, 4) is 11.3 Å². The number of aliphatic carboxylic acids is 2. The number of nitrogens with zero attached hydrogens (tertiary/aromatic N) is 2. The average Bonchev–Trinajstić information content (AvgIpc) is 2.72. The smallest absolute Gasteiger partial charge is 0.352 e. The maximum atomic E-state index is 12.8. The number of pyridine rings is 1. The van der Waals surface area contributed by atoms with Gasteiger partial charge in [0.2, 0.25) is 0 Å². The lowest BCUT2D eigenvalue weighted by molar-refractivity contribution is -0.136. The molecule has 29 heavy (non-hydrogen) atoms. The Labute approximate surface area is 165 Å². The lowest BCUT2D eigenvalue weighted by Gasteiger charge is -2.09. The Hall–Kier alpha value is -4.07. The van der Waals surface area contributed by atoms with Crippen LogP contribution in [0.4, 0.5) is 0 Å². The average molecular weight is 391 g/mol. The maximum absolute atomic E-state index is 12.8. The van der Waals surface area contributed by atoms with E-state index in [4.69, 9.17) is 10.2 Å². The number of fused-ring (bicyclic) bond motifs is 1. The second-order valence-electron chi connectivity index (χ2n) is 6.14. The lowest BCUT2D eigenvalue weighted by Crippen LogP contribution is -2.24. The summed E-state index contributed by atoms with van der Waals surface area (Å²) in [7, 11) is 0. The first-order valence-corrected chi connectivity index (χ1v) is 8.73. The van der Waals surface area contributed by atoms with Gasteiger partial charge in [-0.25, -0.2) is 15.2 Å². The normalized spacial score (nSPS) is 11.2. The Balaban J connectivity index is 1.97. The van der Waals surface area contributed by atoms with Crippen LogP contribution in [-0.4, -0.2) is 38.8 Å². The molecule has 0 aliphatic carbocycles. The van der Waals surface area contributed by atoms with Gasteiger partial charge in [0, 0.05) is 17.4 Å². The van der Waals surface area contributed by atoms with Crippen LogP contribution in [0.2, 0.25) is 0 Å². The minimum absolute atomic E-state index is 0.279. The van der Waals surface area contributed by atoms with Crippen LogP contribution >= 0.6 is 0 Å². The fourth-order valence-corrected chi connectivity index (χ4v) is 2.73. The van der Waals surface area contributed by atoms with Crippen LogP contribution in [0, 0.1) is 0 Å². The monoisotopic (exact) mass is 391 g/mol. The van der Waals surface area contributed by atoms with Crippen LogP contribution in [0.15, 0.2) is 65.8 Å². The van der Waals surface area contributed by atoms with E-state index < -0.39 is 30.0 Å². The van der Waals surface area contributed by atoms with Gasteiger partial charge in [0.1, 0.15) is 5.71 Å². The first kappa shape index (κ1) is 19.7. The highest BCUT2D eigenvalue weighted by molar-refractivity contribution is 6.36.